The number of carbonyl (C=O) groups excluding carboxylic acids is 1. The summed E-state index contributed by atoms with van der Waals surface area (Å²) in [5.41, 5.74) is 2.16. The maximum atomic E-state index is 14.0. The Hall–Kier alpha value is -2.37. The summed E-state index contributed by atoms with van der Waals surface area (Å²) in [4.78, 5) is 14.4. The first kappa shape index (κ1) is 23.8. The zero-order valence-corrected chi connectivity index (χ0v) is 20.3. The molecule has 4 rings (SSSR count). The van der Waals surface area contributed by atoms with E-state index in [1.807, 2.05) is 32.9 Å². The van der Waals surface area contributed by atoms with Crippen LogP contribution in [0.2, 0.25) is 5.02 Å². The first-order valence-electron chi connectivity index (χ1n) is 11.5. The third-order valence-electron chi connectivity index (χ3n) is 6.39. The SMILES string of the molecule is CC(C)(C)OC(=O)CCN1CCC2(CC1)COc1cc(/C=C/c3c(F)cccc3Cl)ccc12. The van der Waals surface area contributed by atoms with Crippen molar-refractivity contribution in [1.29, 1.82) is 0 Å². The Morgan fingerprint density at radius 3 is 2.67 bits per heavy atom. The van der Waals surface area contributed by atoms with Crippen LogP contribution in [0.5, 0.6) is 5.75 Å². The third kappa shape index (κ3) is 5.59. The number of benzene rings is 2. The van der Waals surface area contributed by atoms with Crippen LogP contribution in [0.4, 0.5) is 4.39 Å². The zero-order valence-electron chi connectivity index (χ0n) is 19.5. The van der Waals surface area contributed by atoms with Gasteiger partial charge in [0.05, 0.1) is 18.1 Å². The predicted molar refractivity (Wildman–Crippen MR) is 130 cm³/mol. The van der Waals surface area contributed by atoms with E-state index in [9.17, 15) is 9.18 Å². The topological polar surface area (TPSA) is 38.8 Å². The van der Waals surface area contributed by atoms with Gasteiger partial charge in [-0.25, -0.2) is 4.39 Å². The highest BCUT2D eigenvalue weighted by atomic mass is 35.5. The highest BCUT2D eigenvalue weighted by Crippen LogP contribution is 2.46. The smallest absolute Gasteiger partial charge is 0.307 e. The van der Waals surface area contributed by atoms with Crippen molar-refractivity contribution in [2.24, 2.45) is 0 Å². The monoisotopic (exact) mass is 471 g/mol. The van der Waals surface area contributed by atoms with Gasteiger partial charge in [-0.05, 0) is 76.5 Å². The number of esters is 1. The Bertz CT molecular complexity index is 1030. The number of halogens is 2. The molecule has 0 bridgehead atoms. The summed E-state index contributed by atoms with van der Waals surface area (Å²) in [6.45, 7) is 8.93. The van der Waals surface area contributed by atoms with Crippen LogP contribution in [0, 0.1) is 5.82 Å². The van der Waals surface area contributed by atoms with E-state index in [0.29, 0.717) is 23.6 Å². The fourth-order valence-electron chi connectivity index (χ4n) is 4.60. The molecule has 6 heteroatoms. The quantitative estimate of drug-likeness (QED) is 0.389. The molecule has 2 aromatic rings. The van der Waals surface area contributed by atoms with Gasteiger partial charge in [0.2, 0.25) is 0 Å². The number of rotatable bonds is 5. The molecule has 0 aliphatic carbocycles. The van der Waals surface area contributed by atoms with Crippen molar-refractivity contribution in [3.8, 4) is 5.75 Å². The van der Waals surface area contributed by atoms with Crippen molar-refractivity contribution in [3.05, 3.63) is 63.9 Å². The van der Waals surface area contributed by atoms with Crippen LogP contribution in [-0.2, 0) is 14.9 Å². The Balaban J connectivity index is 1.37. The number of piperidine rings is 1. The van der Waals surface area contributed by atoms with Gasteiger partial charge >= 0.3 is 5.97 Å². The highest BCUT2D eigenvalue weighted by Gasteiger charge is 2.43. The average Bonchev–Trinajstić information content (AvgIpc) is 3.09. The van der Waals surface area contributed by atoms with Crippen LogP contribution in [0.1, 0.15) is 56.7 Å². The molecule has 1 saturated heterocycles. The lowest BCUT2D eigenvalue weighted by atomic mass is 9.74. The number of carbonyl (C=O) groups is 1. The lowest BCUT2D eigenvalue weighted by Gasteiger charge is -2.38. The minimum absolute atomic E-state index is 0.0227. The zero-order chi connectivity index (χ0) is 23.6. The number of likely N-dealkylation sites (tertiary alicyclic amines) is 1. The molecule has 0 saturated carbocycles. The summed E-state index contributed by atoms with van der Waals surface area (Å²) in [6, 6.07) is 10.9. The van der Waals surface area contributed by atoms with E-state index >= 15 is 0 Å². The van der Waals surface area contributed by atoms with Crippen LogP contribution >= 0.6 is 11.6 Å². The highest BCUT2D eigenvalue weighted by molar-refractivity contribution is 6.32. The third-order valence-corrected chi connectivity index (χ3v) is 6.72. The lowest BCUT2D eigenvalue weighted by molar-refractivity contribution is -0.155. The summed E-state index contributed by atoms with van der Waals surface area (Å²) in [7, 11) is 0. The predicted octanol–water partition coefficient (Wildman–Crippen LogP) is 6.11. The Labute approximate surface area is 200 Å². The summed E-state index contributed by atoms with van der Waals surface area (Å²) in [5, 5.41) is 0.390. The van der Waals surface area contributed by atoms with Gasteiger partial charge in [0.15, 0.2) is 0 Å². The van der Waals surface area contributed by atoms with Crippen LogP contribution < -0.4 is 4.74 Å². The van der Waals surface area contributed by atoms with Crippen molar-refractivity contribution in [2.75, 3.05) is 26.2 Å². The lowest BCUT2D eigenvalue weighted by Crippen LogP contribution is -2.44. The van der Waals surface area contributed by atoms with Gasteiger partial charge in [-0.3, -0.25) is 4.79 Å². The molecule has 1 fully saturated rings. The minimum atomic E-state index is -0.441. The summed E-state index contributed by atoms with van der Waals surface area (Å²) < 4.78 is 25.5. The van der Waals surface area contributed by atoms with E-state index in [4.69, 9.17) is 21.1 Å². The molecule has 0 aromatic heterocycles. The number of ether oxygens (including phenoxy) is 2. The molecular weight excluding hydrogens is 441 g/mol. The second kappa shape index (κ2) is 9.47. The fourth-order valence-corrected chi connectivity index (χ4v) is 4.83. The summed E-state index contributed by atoms with van der Waals surface area (Å²) in [6.07, 6.45) is 5.97. The van der Waals surface area contributed by atoms with E-state index in [1.54, 1.807) is 18.2 Å². The van der Waals surface area contributed by atoms with Crippen molar-refractivity contribution >= 4 is 29.7 Å². The first-order chi connectivity index (χ1) is 15.7. The second-order valence-electron chi connectivity index (χ2n) is 9.97. The first-order valence-corrected chi connectivity index (χ1v) is 11.9. The molecule has 2 aliphatic heterocycles. The molecule has 0 N–H and O–H groups in total. The number of nitrogens with zero attached hydrogens (tertiary/aromatic N) is 1. The van der Waals surface area contributed by atoms with E-state index < -0.39 is 5.60 Å². The Kier molecular flexibility index (Phi) is 6.83. The molecule has 176 valence electrons. The largest absolute Gasteiger partial charge is 0.492 e. The van der Waals surface area contributed by atoms with Gasteiger partial charge in [-0.15, -0.1) is 0 Å². The molecule has 0 amide bonds. The number of hydrogen-bond donors (Lipinski definition) is 0. The molecule has 0 unspecified atom stereocenters. The van der Waals surface area contributed by atoms with Crippen molar-refractivity contribution in [3.63, 3.8) is 0 Å². The van der Waals surface area contributed by atoms with Crippen LogP contribution in [0.3, 0.4) is 0 Å². The maximum Gasteiger partial charge on any atom is 0.307 e. The molecule has 2 aliphatic rings. The van der Waals surface area contributed by atoms with Crippen LogP contribution in [0.25, 0.3) is 12.2 Å². The van der Waals surface area contributed by atoms with Crippen molar-refractivity contribution in [2.45, 2.75) is 51.0 Å². The Morgan fingerprint density at radius 2 is 1.97 bits per heavy atom. The molecule has 0 radical (unpaired) electrons. The summed E-state index contributed by atoms with van der Waals surface area (Å²) in [5.74, 6) is 0.419. The molecule has 1 spiro atoms. The summed E-state index contributed by atoms with van der Waals surface area (Å²) >= 11 is 6.12. The molecule has 2 aromatic carbocycles. The van der Waals surface area contributed by atoms with Gasteiger partial charge in [0.1, 0.15) is 17.2 Å². The van der Waals surface area contributed by atoms with Gasteiger partial charge in [-0.1, -0.05) is 35.9 Å². The van der Waals surface area contributed by atoms with Crippen molar-refractivity contribution < 1.29 is 18.7 Å². The van der Waals surface area contributed by atoms with Crippen molar-refractivity contribution in [1.82, 2.24) is 4.90 Å². The van der Waals surface area contributed by atoms with E-state index in [0.717, 1.165) is 43.8 Å². The molecule has 33 heavy (non-hydrogen) atoms. The standard InChI is InChI=1S/C27H31ClFNO3/c1-26(2,3)33-25(31)11-14-30-15-12-27(13-16-30)18-32-24-17-19(8-10-21(24)27)7-9-20-22(28)5-4-6-23(20)29/h4-10,17H,11-16,18H2,1-3H3/b9-7+. The van der Waals surface area contributed by atoms with Gasteiger partial charge in [-0.2, -0.15) is 0 Å². The maximum absolute atomic E-state index is 14.0. The number of fused-ring (bicyclic) bond motifs is 2. The molecule has 0 atom stereocenters. The molecular formula is C27H31ClFNO3. The van der Waals surface area contributed by atoms with Gasteiger partial charge in [0.25, 0.3) is 0 Å². The average molecular weight is 472 g/mol. The van der Waals surface area contributed by atoms with E-state index in [2.05, 4.69) is 17.0 Å². The Morgan fingerprint density at radius 1 is 1.21 bits per heavy atom. The second-order valence-corrected chi connectivity index (χ2v) is 10.4. The van der Waals surface area contributed by atoms with E-state index in [1.165, 1.54) is 11.6 Å². The fraction of sp³-hybridized carbons (Fsp3) is 0.444. The number of hydrogen-bond acceptors (Lipinski definition) is 4. The molecule has 2 heterocycles. The van der Waals surface area contributed by atoms with Gasteiger partial charge in [0, 0.05) is 23.1 Å². The minimum Gasteiger partial charge on any atom is -0.492 e. The normalized spacial score (nSPS) is 17.8. The van der Waals surface area contributed by atoms with Gasteiger partial charge < -0.3 is 14.4 Å². The molecule has 4 nitrogen and oxygen atoms in total. The van der Waals surface area contributed by atoms with Crippen LogP contribution in [-0.4, -0.2) is 42.7 Å². The van der Waals surface area contributed by atoms with E-state index in [-0.39, 0.29) is 17.2 Å². The van der Waals surface area contributed by atoms with Crippen LogP contribution in [0.15, 0.2) is 36.4 Å².